The zero-order valence-electron chi connectivity index (χ0n) is 9.00. The molecule has 0 heterocycles. The van der Waals surface area contributed by atoms with Crippen molar-refractivity contribution in [3.05, 3.63) is 30.1 Å². The van der Waals surface area contributed by atoms with Gasteiger partial charge >= 0.3 is 0 Å². The molecule has 0 atom stereocenters. The molecule has 3 nitrogen and oxygen atoms in total. The summed E-state index contributed by atoms with van der Waals surface area (Å²) in [6.45, 7) is 0.706. The zero-order valence-corrected chi connectivity index (χ0v) is 9.00. The second-order valence-corrected chi connectivity index (χ2v) is 4.03. The Morgan fingerprint density at radius 3 is 2.62 bits per heavy atom. The van der Waals surface area contributed by atoms with Crippen LogP contribution in [-0.2, 0) is 4.79 Å². The summed E-state index contributed by atoms with van der Waals surface area (Å²) < 4.78 is 12.6. The van der Waals surface area contributed by atoms with Crippen molar-refractivity contribution in [1.82, 2.24) is 5.32 Å². The van der Waals surface area contributed by atoms with Crippen LogP contribution in [0, 0.1) is 5.82 Å². The van der Waals surface area contributed by atoms with Crippen molar-refractivity contribution in [1.29, 1.82) is 0 Å². The third-order valence-corrected chi connectivity index (χ3v) is 2.49. The summed E-state index contributed by atoms with van der Waals surface area (Å²) >= 11 is 0. The molecule has 0 spiro atoms. The molecule has 2 rings (SSSR count). The van der Waals surface area contributed by atoms with Gasteiger partial charge in [-0.1, -0.05) is 0 Å². The van der Waals surface area contributed by atoms with Gasteiger partial charge in [-0.25, -0.2) is 4.39 Å². The Balaban J connectivity index is 1.70. The molecule has 16 heavy (non-hydrogen) atoms. The summed E-state index contributed by atoms with van der Waals surface area (Å²) in [5.74, 6) is -0.340. The monoisotopic (exact) mass is 222 g/mol. The lowest BCUT2D eigenvalue weighted by molar-refractivity contribution is -0.116. The van der Waals surface area contributed by atoms with E-state index >= 15 is 0 Å². The minimum absolute atomic E-state index is 0.0419. The Hall–Kier alpha value is -1.42. The minimum Gasteiger partial charge on any atom is -0.326 e. The van der Waals surface area contributed by atoms with Crippen LogP contribution in [0.25, 0.3) is 0 Å². The third kappa shape index (κ3) is 3.62. The van der Waals surface area contributed by atoms with E-state index in [2.05, 4.69) is 10.6 Å². The molecule has 0 radical (unpaired) electrons. The van der Waals surface area contributed by atoms with E-state index in [1.165, 1.54) is 25.0 Å². The predicted octanol–water partition coefficient (Wildman–Crippen LogP) is 1.91. The summed E-state index contributed by atoms with van der Waals surface area (Å²) in [4.78, 5) is 11.5. The van der Waals surface area contributed by atoms with E-state index in [0.717, 1.165) is 0 Å². The summed E-state index contributed by atoms with van der Waals surface area (Å²) in [6.07, 6.45) is 2.90. The maximum Gasteiger partial charge on any atom is 0.225 e. The van der Waals surface area contributed by atoms with Crippen LogP contribution in [0.15, 0.2) is 24.3 Å². The van der Waals surface area contributed by atoms with Crippen molar-refractivity contribution in [2.24, 2.45) is 0 Å². The summed E-state index contributed by atoms with van der Waals surface area (Å²) in [5.41, 5.74) is 0.637. The van der Waals surface area contributed by atoms with Gasteiger partial charge in [0.25, 0.3) is 0 Å². The molecule has 0 bridgehead atoms. The largest absolute Gasteiger partial charge is 0.326 e. The zero-order chi connectivity index (χ0) is 11.4. The Morgan fingerprint density at radius 1 is 1.31 bits per heavy atom. The van der Waals surface area contributed by atoms with E-state index in [1.54, 1.807) is 12.1 Å². The number of nitrogens with one attached hydrogen (secondary N) is 2. The molecule has 0 aliphatic heterocycles. The first-order valence-corrected chi connectivity index (χ1v) is 5.53. The fraction of sp³-hybridized carbons (Fsp3) is 0.417. The maximum atomic E-state index is 12.6. The Bertz CT molecular complexity index is 360. The van der Waals surface area contributed by atoms with Gasteiger partial charge < -0.3 is 10.6 Å². The van der Waals surface area contributed by atoms with E-state index in [-0.39, 0.29) is 11.7 Å². The standard InChI is InChI=1S/C12H15FN2O/c13-9-1-3-11(4-2-9)15-12(16)7-8-14-10-5-6-10/h1-4,10,14H,5-8H2,(H,15,16). The van der Waals surface area contributed by atoms with Crippen LogP contribution < -0.4 is 10.6 Å². The molecule has 86 valence electrons. The molecule has 0 unspecified atom stereocenters. The van der Waals surface area contributed by atoms with Crippen LogP contribution in [0.5, 0.6) is 0 Å². The molecule has 1 aromatic rings. The van der Waals surface area contributed by atoms with Crippen LogP contribution >= 0.6 is 0 Å². The lowest BCUT2D eigenvalue weighted by Crippen LogP contribution is -2.23. The number of hydrogen-bond acceptors (Lipinski definition) is 2. The third-order valence-electron chi connectivity index (χ3n) is 2.49. The average molecular weight is 222 g/mol. The molecule has 1 aliphatic rings. The molecule has 1 aromatic carbocycles. The first-order chi connectivity index (χ1) is 7.74. The number of hydrogen-bond donors (Lipinski definition) is 2. The quantitative estimate of drug-likeness (QED) is 0.799. The lowest BCUT2D eigenvalue weighted by atomic mass is 10.3. The van der Waals surface area contributed by atoms with Crippen LogP contribution in [0.2, 0.25) is 0 Å². The van der Waals surface area contributed by atoms with E-state index in [1.807, 2.05) is 0 Å². The van der Waals surface area contributed by atoms with Gasteiger partial charge in [0.2, 0.25) is 5.91 Å². The van der Waals surface area contributed by atoms with Gasteiger partial charge in [0.1, 0.15) is 5.82 Å². The fourth-order valence-corrected chi connectivity index (χ4v) is 1.43. The lowest BCUT2D eigenvalue weighted by Gasteiger charge is -2.05. The SMILES string of the molecule is O=C(CCNC1CC1)Nc1ccc(F)cc1. The van der Waals surface area contributed by atoms with Crippen LogP contribution in [0.4, 0.5) is 10.1 Å². The molecule has 1 aliphatic carbocycles. The van der Waals surface area contributed by atoms with E-state index in [0.29, 0.717) is 24.7 Å². The molecule has 1 saturated carbocycles. The van der Waals surface area contributed by atoms with Crippen LogP contribution in [-0.4, -0.2) is 18.5 Å². The van der Waals surface area contributed by atoms with Crippen molar-refractivity contribution >= 4 is 11.6 Å². The Labute approximate surface area is 94.0 Å². The van der Waals surface area contributed by atoms with Gasteiger partial charge in [-0.15, -0.1) is 0 Å². The smallest absolute Gasteiger partial charge is 0.225 e. The first kappa shape index (κ1) is 11.1. The minimum atomic E-state index is -0.298. The normalized spacial score (nSPS) is 14.8. The van der Waals surface area contributed by atoms with Crippen molar-refractivity contribution in [3.63, 3.8) is 0 Å². The van der Waals surface area contributed by atoms with Crippen molar-refractivity contribution in [2.75, 3.05) is 11.9 Å². The highest BCUT2D eigenvalue weighted by molar-refractivity contribution is 5.90. The molecule has 2 N–H and O–H groups in total. The highest BCUT2D eigenvalue weighted by Crippen LogP contribution is 2.18. The number of benzene rings is 1. The molecular formula is C12H15FN2O. The number of halogens is 1. The number of anilines is 1. The van der Waals surface area contributed by atoms with Gasteiger partial charge in [-0.05, 0) is 37.1 Å². The average Bonchev–Trinajstić information content (AvgIpc) is 3.05. The molecule has 0 aromatic heterocycles. The summed E-state index contributed by atoms with van der Waals surface area (Å²) in [5, 5.41) is 5.98. The first-order valence-electron chi connectivity index (χ1n) is 5.53. The van der Waals surface area contributed by atoms with Gasteiger partial charge in [0.05, 0.1) is 0 Å². The van der Waals surface area contributed by atoms with Crippen LogP contribution in [0.1, 0.15) is 19.3 Å². The molecule has 4 heteroatoms. The Kier molecular flexibility index (Phi) is 3.51. The van der Waals surface area contributed by atoms with E-state index in [4.69, 9.17) is 0 Å². The topological polar surface area (TPSA) is 41.1 Å². The number of rotatable bonds is 5. The number of amides is 1. The highest BCUT2D eigenvalue weighted by Gasteiger charge is 2.19. The highest BCUT2D eigenvalue weighted by atomic mass is 19.1. The molecule has 1 amide bonds. The van der Waals surface area contributed by atoms with Crippen LogP contribution in [0.3, 0.4) is 0 Å². The number of carbonyl (C=O) groups is 1. The van der Waals surface area contributed by atoms with Crippen molar-refractivity contribution in [3.8, 4) is 0 Å². The van der Waals surface area contributed by atoms with Crippen molar-refractivity contribution in [2.45, 2.75) is 25.3 Å². The Morgan fingerprint density at radius 2 is 2.00 bits per heavy atom. The molecular weight excluding hydrogens is 207 g/mol. The van der Waals surface area contributed by atoms with Gasteiger partial charge in [-0.3, -0.25) is 4.79 Å². The second-order valence-electron chi connectivity index (χ2n) is 4.03. The molecule has 0 saturated heterocycles. The molecule has 1 fully saturated rings. The van der Waals surface area contributed by atoms with E-state index in [9.17, 15) is 9.18 Å². The predicted molar refractivity (Wildman–Crippen MR) is 60.7 cm³/mol. The van der Waals surface area contributed by atoms with Gasteiger partial charge in [0.15, 0.2) is 0 Å². The maximum absolute atomic E-state index is 12.6. The van der Waals surface area contributed by atoms with E-state index < -0.39 is 0 Å². The number of carbonyl (C=O) groups excluding carboxylic acids is 1. The van der Waals surface area contributed by atoms with Gasteiger partial charge in [-0.2, -0.15) is 0 Å². The van der Waals surface area contributed by atoms with Gasteiger partial charge in [0, 0.05) is 24.7 Å². The second kappa shape index (κ2) is 5.07. The van der Waals surface area contributed by atoms with Crippen molar-refractivity contribution < 1.29 is 9.18 Å². The fourth-order valence-electron chi connectivity index (χ4n) is 1.43. The summed E-state index contributed by atoms with van der Waals surface area (Å²) in [7, 11) is 0. The summed E-state index contributed by atoms with van der Waals surface area (Å²) in [6, 6.07) is 6.40.